The van der Waals surface area contributed by atoms with Crippen LogP contribution in [0.15, 0.2) is 545 Å². The molecular weight excluding hydrogens is 1780 g/mol. The van der Waals surface area contributed by atoms with Gasteiger partial charge in [-0.1, -0.05) is 475 Å². The fraction of sp³-hybridized carbons (Fsp3) is 0.0548. The van der Waals surface area contributed by atoms with E-state index in [1.54, 1.807) is 6.92 Å². The molecule has 1 atom stereocenters. The van der Waals surface area contributed by atoms with Crippen LogP contribution >= 0.6 is 0 Å². The largest absolute Gasteiger partial charge is 0.310 e. The standard InChI is InChI=1S/C49H34.C48H33N.C40H33N.C4H6.C3H4.C2H2/c1-3-10-34(11-4-1)36-18-23-40(24-19-36)49(41-25-20-37(21-26-41)43-16-9-15-42(32-43)35-12-5-2-6-13-35)44-27-22-39-29-30-46-45-17-8-7-14-38(45)28-31-47(46)48(39)33-44;1-3-10-34(11-4-1)36-18-25-42(26-19-36)49(43-27-20-37(21-28-43)41-16-9-15-40(32-41)35-12-5-2-6-13-35)44-29-22-39-24-30-46-45-17-8-7-14-38(45)23-31-47(46)48(39)33-44;1-40(2,3)32-18-23-34(24-19-32)41(33-20-13-29(14-21-33)28-9-5-4-6-10-28)35-22-15-31-17-25-37-36-12-8-7-11-30(36)16-26-38(37)39(31)27-35;1-3-4-2;1-3-2;1-2/h1-33,49H;1-33H;4-27H,1-3H3;1-2H3;1H,2H3;1-2H/i1D,2D,3D,4D,5D,6D,7D,8D,9D,10D,11D,12D,13D,14D,15D,16D,17D,18D,19D,20D,21D,22D,23D,24D,25D,26D,27D,28D,29D,30D,31D,32D,33D;;;;;. The summed E-state index contributed by atoms with van der Waals surface area (Å²) in [6.45, 7) is 12.1. The van der Waals surface area contributed by atoms with Crippen LogP contribution in [-0.2, 0) is 5.41 Å². The van der Waals surface area contributed by atoms with Gasteiger partial charge < -0.3 is 9.80 Å². The second-order valence-electron chi connectivity index (χ2n) is 35.6. The van der Waals surface area contributed by atoms with Gasteiger partial charge in [0.05, 0.1) is 45.2 Å². The third-order valence-corrected chi connectivity index (χ3v) is 25.5. The van der Waals surface area contributed by atoms with E-state index in [9.17, 15) is 19.2 Å². The summed E-state index contributed by atoms with van der Waals surface area (Å²) in [6.07, 6.45) is 12.6. The maximum Gasteiger partial charge on any atom is 0.0636 e. The Kier molecular flexibility index (Phi) is 19.5. The van der Waals surface area contributed by atoms with Crippen molar-refractivity contribution in [2.75, 3.05) is 9.80 Å². The van der Waals surface area contributed by atoms with Crippen molar-refractivity contribution in [2.45, 2.75) is 52.9 Å². The van der Waals surface area contributed by atoms with Gasteiger partial charge in [-0.15, -0.1) is 37.0 Å². The number of hydrogen-bond donors (Lipinski definition) is 0. The fourth-order valence-electron chi connectivity index (χ4n) is 18.2. The first-order chi connectivity index (χ1) is 86.6. The van der Waals surface area contributed by atoms with Crippen LogP contribution in [0.3, 0.4) is 0 Å². The minimum atomic E-state index is -2.57. The topological polar surface area (TPSA) is 6.48 Å². The normalized spacial score (nSPS) is 14.2. The molecule has 0 saturated heterocycles. The van der Waals surface area contributed by atoms with Crippen LogP contribution in [0.5, 0.6) is 0 Å². The van der Waals surface area contributed by atoms with E-state index in [-0.39, 0.29) is 5.41 Å². The Balaban J connectivity index is 0.000000163. The molecule has 0 fully saturated rings. The van der Waals surface area contributed by atoms with E-state index in [2.05, 4.69) is 413 Å². The van der Waals surface area contributed by atoms with Gasteiger partial charge in [-0.2, -0.15) is 0 Å². The molecule has 2 heteroatoms. The predicted octanol–water partition coefficient (Wildman–Crippen LogP) is 40.4. The van der Waals surface area contributed by atoms with Crippen molar-refractivity contribution in [2.24, 2.45) is 0 Å². The monoisotopic (exact) mass is 1930 g/mol. The maximum absolute atomic E-state index is 10.0. The average Bonchev–Trinajstić information content (AvgIpc) is 0.688. The first-order valence-corrected chi connectivity index (χ1v) is 47.9. The second kappa shape index (κ2) is 44.7. The van der Waals surface area contributed by atoms with Gasteiger partial charge in [-0.3, -0.25) is 0 Å². The number of terminal acetylenes is 2. The summed E-state index contributed by atoms with van der Waals surface area (Å²) >= 11 is 0. The lowest BCUT2D eigenvalue weighted by Gasteiger charge is -2.27. The molecule has 25 rings (SSSR count). The number of rotatable bonds is 16. The van der Waals surface area contributed by atoms with Gasteiger partial charge >= 0.3 is 0 Å². The minimum Gasteiger partial charge on any atom is -0.310 e. The van der Waals surface area contributed by atoms with E-state index in [1.807, 2.05) is 13.8 Å². The van der Waals surface area contributed by atoms with E-state index in [0.29, 0.717) is 0 Å². The highest BCUT2D eigenvalue weighted by atomic mass is 15.1. The predicted molar refractivity (Wildman–Crippen MR) is 640 cm³/mol. The number of hydrogen-bond acceptors (Lipinski definition) is 2. The second-order valence-corrected chi connectivity index (χ2v) is 35.6. The summed E-state index contributed by atoms with van der Waals surface area (Å²) in [5, 5.41) is 11.3. The zero-order chi connectivity index (χ0) is 130. The average molecular weight is 1930 g/mol. The molecule has 25 aromatic carbocycles. The van der Waals surface area contributed by atoms with Crippen LogP contribution in [0.25, 0.3) is 175 Å². The molecule has 0 amide bonds. The molecular formula is C146H112N2. The van der Waals surface area contributed by atoms with Gasteiger partial charge in [-0.05, 0) is 314 Å². The third-order valence-electron chi connectivity index (χ3n) is 25.5. The van der Waals surface area contributed by atoms with Crippen LogP contribution in [0.4, 0.5) is 34.1 Å². The quantitative estimate of drug-likeness (QED) is 0.0540. The molecule has 0 radical (unpaired) electrons. The molecule has 0 aliphatic carbocycles. The zero-order valence-electron chi connectivity index (χ0n) is 115. The highest BCUT2D eigenvalue weighted by molar-refractivity contribution is 6.21. The van der Waals surface area contributed by atoms with Crippen LogP contribution in [0, 0.1) is 37.0 Å². The summed E-state index contributed by atoms with van der Waals surface area (Å²) in [5.74, 6) is 5.04. The molecule has 1 unspecified atom stereocenters. The summed E-state index contributed by atoms with van der Waals surface area (Å²) in [7, 11) is 0. The van der Waals surface area contributed by atoms with Crippen LogP contribution in [0.2, 0.25) is 0 Å². The molecule has 0 aromatic heterocycles. The summed E-state index contributed by atoms with van der Waals surface area (Å²) < 4.78 is 296. The smallest absolute Gasteiger partial charge is 0.0636 e. The SMILES string of the molecule is C#C.C#CC.CC#CC.CC(C)(C)c1ccc(N(c2ccc(-c3ccccc3)cc2)c2ccc3ccc4c5ccccc5ccc4c3c2)cc1.[2H]c1c([2H])c([2H])c(-c2c([2H])c([2H])c(C(c3c([2H])c([2H])c(-c4c([2H])c([2H])c([2H])c(-c5c([2H])c([2H])c([2H])c([2H])c5[2H])c4[2H])c([2H])c3[2H])c3c([2H])c([2H])c4c([2H])c([2H])c5c6c([2H])c([2H])c([2H])c([2H])c6c([2H])c([2H])c5c4c3[2H])c([2H])c2[2H])c([2H])c1[2H].c1ccc(-c2ccc(N(c3ccc(-c4cccc(-c5ccccc5)c4)cc3)c3ccc4ccc5c6ccccc6ccc5c4c3)cc2)cc1. The van der Waals surface area contributed by atoms with E-state index >= 15 is 0 Å². The molecule has 2 nitrogen and oxygen atoms in total. The van der Waals surface area contributed by atoms with Crippen molar-refractivity contribution < 1.29 is 45.2 Å². The summed E-state index contributed by atoms with van der Waals surface area (Å²) in [6, 6.07) is 91.3. The molecule has 0 aliphatic rings. The van der Waals surface area contributed by atoms with Gasteiger partial charge in [0.1, 0.15) is 0 Å². The molecule has 148 heavy (non-hydrogen) atoms. The Labute approximate surface area is 916 Å². The van der Waals surface area contributed by atoms with Crippen molar-refractivity contribution in [3.63, 3.8) is 0 Å². The first kappa shape index (κ1) is 64.6. The highest BCUT2D eigenvalue weighted by Crippen LogP contribution is 2.46. The lowest BCUT2D eigenvalue weighted by molar-refractivity contribution is 0.590. The highest BCUT2D eigenvalue weighted by Gasteiger charge is 2.24. The molecule has 0 spiro atoms. The molecule has 706 valence electrons. The van der Waals surface area contributed by atoms with Crippen LogP contribution < -0.4 is 9.80 Å². The molecule has 0 saturated carbocycles. The maximum atomic E-state index is 10.0. The van der Waals surface area contributed by atoms with E-state index in [0.717, 1.165) is 34.1 Å². The molecule has 0 heterocycles. The fourth-order valence-corrected chi connectivity index (χ4v) is 18.2. The Morgan fingerprint density at radius 3 is 0.959 bits per heavy atom. The van der Waals surface area contributed by atoms with Crippen LogP contribution in [-0.4, -0.2) is 0 Å². The van der Waals surface area contributed by atoms with E-state index < -0.39 is 288 Å². The number of fused-ring (bicyclic) bond motifs is 15. The summed E-state index contributed by atoms with van der Waals surface area (Å²) in [4.78, 5) is 4.75. The van der Waals surface area contributed by atoms with Crippen molar-refractivity contribution in [1.82, 2.24) is 0 Å². The van der Waals surface area contributed by atoms with E-state index in [1.165, 1.54) is 115 Å². The number of benzene rings is 25. The lowest BCUT2D eigenvalue weighted by atomic mass is 9.82. The summed E-state index contributed by atoms with van der Waals surface area (Å²) in [5.41, 5.74) is 9.41. The molecule has 0 N–H and O–H groups in total. The van der Waals surface area contributed by atoms with Crippen molar-refractivity contribution in [1.29, 1.82) is 0 Å². The van der Waals surface area contributed by atoms with Crippen molar-refractivity contribution in [3.05, 3.63) is 567 Å². The van der Waals surface area contributed by atoms with Gasteiger partial charge in [0, 0.05) is 40.0 Å². The van der Waals surface area contributed by atoms with Gasteiger partial charge in [0.15, 0.2) is 0 Å². The van der Waals surface area contributed by atoms with Gasteiger partial charge in [-0.25, -0.2) is 0 Å². The van der Waals surface area contributed by atoms with Gasteiger partial charge in [0.2, 0.25) is 0 Å². The Morgan fingerprint density at radius 2 is 0.520 bits per heavy atom. The Hall–Kier alpha value is -18.9. The minimum absolute atomic E-state index is 0.103. The molecule has 0 aliphatic heterocycles. The number of nitrogens with zero attached hydrogens (tertiary/aromatic N) is 2. The van der Waals surface area contributed by atoms with Crippen LogP contribution in [0.1, 0.15) is 115 Å². The Bertz CT molecular complexity index is 11200. The molecule has 0 bridgehead atoms. The third kappa shape index (κ3) is 21.0. The number of anilines is 6. The lowest BCUT2D eigenvalue weighted by Crippen LogP contribution is -2.13. The van der Waals surface area contributed by atoms with Crippen molar-refractivity contribution >= 4 is 131 Å². The Morgan fingerprint density at radius 1 is 0.209 bits per heavy atom. The van der Waals surface area contributed by atoms with Crippen molar-refractivity contribution in [3.8, 4) is 115 Å². The molecule has 25 aromatic rings. The first-order valence-electron chi connectivity index (χ1n) is 64.4. The van der Waals surface area contributed by atoms with E-state index in [4.69, 9.17) is 26.0 Å². The zero-order valence-corrected chi connectivity index (χ0v) is 81.6. The van der Waals surface area contributed by atoms with Gasteiger partial charge in [0.25, 0.3) is 0 Å².